The summed E-state index contributed by atoms with van der Waals surface area (Å²) in [6.45, 7) is 8.89. The summed E-state index contributed by atoms with van der Waals surface area (Å²) in [6, 6.07) is 0.597. The van der Waals surface area contributed by atoms with Gasteiger partial charge in [0.05, 0.1) is 0 Å². The second-order valence-corrected chi connectivity index (χ2v) is 6.20. The van der Waals surface area contributed by atoms with Gasteiger partial charge in [0.2, 0.25) is 0 Å². The van der Waals surface area contributed by atoms with Crippen LogP contribution in [0.15, 0.2) is 12.4 Å². The van der Waals surface area contributed by atoms with Crippen molar-refractivity contribution in [3.63, 3.8) is 0 Å². The molecule has 1 N–H and O–H groups in total. The summed E-state index contributed by atoms with van der Waals surface area (Å²) >= 11 is 0. The lowest BCUT2D eigenvalue weighted by atomic mass is 9.77. The van der Waals surface area contributed by atoms with E-state index in [1.165, 1.54) is 38.1 Å². The summed E-state index contributed by atoms with van der Waals surface area (Å²) in [4.78, 5) is 4.55. The highest BCUT2D eigenvalue weighted by atomic mass is 15.1. The SMILES string of the molecule is CCn1ccnc1CC1CCCCC1CNC(C)C. The van der Waals surface area contributed by atoms with Crippen molar-refractivity contribution in [2.24, 2.45) is 11.8 Å². The molecular weight excluding hydrogens is 234 g/mol. The van der Waals surface area contributed by atoms with Gasteiger partial charge in [-0.05, 0) is 38.1 Å². The molecular formula is C16H29N3. The number of hydrogen-bond donors (Lipinski definition) is 1. The van der Waals surface area contributed by atoms with Crippen LogP contribution in [-0.2, 0) is 13.0 Å². The number of imidazole rings is 1. The van der Waals surface area contributed by atoms with Crippen molar-refractivity contribution in [2.75, 3.05) is 6.54 Å². The Morgan fingerprint density at radius 2 is 2.05 bits per heavy atom. The monoisotopic (exact) mass is 263 g/mol. The first-order valence-corrected chi connectivity index (χ1v) is 7.94. The summed E-state index contributed by atoms with van der Waals surface area (Å²) in [6.07, 6.45) is 10.8. The average molecular weight is 263 g/mol. The molecule has 1 fully saturated rings. The van der Waals surface area contributed by atoms with Crippen LogP contribution in [0.3, 0.4) is 0 Å². The first-order chi connectivity index (χ1) is 9.20. The Morgan fingerprint density at radius 3 is 2.74 bits per heavy atom. The molecule has 19 heavy (non-hydrogen) atoms. The quantitative estimate of drug-likeness (QED) is 0.854. The van der Waals surface area contributed by atoms with Crippen molar-refractivity contribution < 1.29 is 0 Å². The highest BCUT2D eigenvalue weighted by Gasteiger charge is 2.26. The van der Waals surface area contributed by atoms with Gasteiger partial charge >= 0.3 is 0 Å². The average Bonchev–Trinajstić information content (AvgIpc) is 2.85. The molecule has 1 aromatic rings. The molecule has 0 spiro atoms. The number of hydrogen-bond acceptors (Lipinski definition) is 2. The van der Waals surface area contributed by atoms with Gasteiger partial charge in [-0.2, -0.15) is 0 Å². The van der Waals surface area contributed by atoms with E-state index >= 15 is 0 Å². The van der Waals surface area contributed by atoms with Crippen molar-refractivity contribution in [3.8, 4) is 0 Å². The minimum Gasteiger partial charge on any atom is -0.335 e. The van der Waals surface area contributed by atoms with E-state index in [1.807, 2.05) is 6.20 Å². The van der Waals surface area contributed by atoms with E-state index in [9.17, 15) is 0 Å². The largest absolute Gasteiger partial charge is 0.335 e. The molecule has 2 rings (SSSR count). The maximum absolute atomic E-state index is 4.55. The van der Waals surface area contributed by atoms with Crippen LogP contribution in [0.2, 0.25) is 0 Å². The van der Waals surface area contributed by atoms with Gasteiger partial charge in [0.25, 0.3) is 0 Å². The van der Waals surface area contributed by atoms with Gasteiger partial charge in [0.15, 0.2) is 0 Å². The third-order valence-corrected chi connectivity index (χ3v) is 4.44. The first kappa shape index (κ1) is 14.6. The van der Waals surface area contributed by atoms with E-state index in [0.29, 0.717) is 6.04 Å². The Kier molecular flexibility index (Phi) is 5.44. The van der Waals surface area contributed by atoms with Crippen LogP contribution < -0.4 is 5.32 Å². The molecule has 1 aromatic heterocycles. The van der Waals surface area contributed by atoms with Gasteiger partial charge in [-0.3, -0.25) is 0 Å². The maximum atomic E-state index is 4.55. The second-order valence-electron chi connectivity index (χ2n) is 6.20. The van der Waals surface area contributed by atoms with E-state index in [-0.39, 0.29) is 0 Å². The smallest absolute Gasteiger partial charge is 0.108 e. The lowest BCUT2D eigenvalue weighted by Gasteiger charge is -2.32. The van der Waals surface area contributed by atoms with E-state index in [2.05, 4.69) is 41.8 Å². The number of nitrogens with one attached hydrogen (secondary N) is 1. The summed E-state index contributed by atoms with van der Waals surface area (Å²) < 4.78 is 2.29. The Bertz CT molecular complexity index is 370. The van der Waals surface area contributed by atoms with Gasteiger partial charge in [0, 0.05) is 31.4 Å². The molecule has 108 valence electrons. The van der Waals surface area contributed by atoms with E-state index in [4.69, 9.17) is 0 Å². The molecule has 3 nitrogen and oxygen atoms in total. The minimum absolute atomic E-state index is 0.597. The van der Waals surface area contributed by atoms with Crippen molar-refractivity contribution in [2.45, 2.75) is 65.5 Å². The van der Waals surface area contributed by atoms with Crippen LogP contribution in [-0.4, -0.2) is 22.1 Å². The zero-order valence-corrected chi connectivity index (χ0v) is 12.7. The molecule has 2 unspecified atom stereocenters. The topological polar surface area (TPSA) is 29.9 Å². The van der Waals surface area contributed by atoms with Crippen LogP contribution in [0.5, 0.6) is 0 Å². The predicted octanol–water partition coefficient (Wildman–Crippen LogP) is 3.25. The van der Waals surface area contributed by atoms with Crippen molar-refractivity contribution >= 4 is 0 Å². The molecule has 1 aliphatic carbocycles. The lowest BCUT2D eigenvalue weighted by molar-refractivity contribution is 0.220. The molecule has 0 saturated heterocycles. The normalized spacial score (nSPS) is 24.0. The molecule has 0 aromatic carbocycles. The van der Waals surface area contributed by atoms with Crippen LogP contribution in [0, 0.1) is 11.8 Å². The van der Waals surface area contributed by atoms with Gasteiger partial charge in [-0.1, -0.05) is 26.7 Å². The molecule has 1 aliphatic rings. The van der Waals surface area contributed by atoms with Crippen molar-refractivity contribution in [3.05, 3.63) is 18.2 Å². The Balaban J connectivity index is 1.95. The lowest BCUT2D eigenvalue weighted by Crippen LogP contribution is -2.35. The zero-order valence-electron chi connectivity index (χ0n) is 12.7. The predicted molar refractivity (Wildman–Crippen MR) is 80.2 cm³/mol. The van der Waals surface area contributed by atoms with E-state index in [0.717, 1.165) is 24.8 Å². The molecule has 0 aliphatic heterocycles. The van der Waals surface area contributed by atoms with Crippen LogP contribution in [0.4, 0.5) is 0 Å². The standard InChI is InChI=1S/C16H29N3/c1-4-19-10-9-17-16(19)11-14-7-5-6-8-15(14)12-18-13(2)3/h9-10,13-15,18H,4-8,11-12H2,1-3H3. The number of aromatic nitrogens is 2. The molecule has 1 saturated carbocycles. The van der Waals surface area contributed by atoms with E-state index in [1.54, 1.807) is 0 Å². The van der Waals surface area contributed by atoms with Gasteiger partial charge in [-0.25, -0.2) is 4.98 Å². The summed E-state index contributed by atoms with van der Waals surface area (Å²) in [7, 11) is 0. The molecule has 3 heteroatoms. The maximum Gasteiger partial charge on any atom is 0.108 e. The third kappa shape index (κ3) is 4.07. The van der Waals surface area contributed by atoms with Crippen molar-refractivity contribution in [1.29, 1.82) is 0 Å². The first-order valence-electron chi connectivity index (χ1n) is 7.94. The van der Waals surface area contributed by atoms with Gasteiger partial charge in [-0.15, -0.1) is 0 Å². The second kappa shape index (κ2) is 7.09. The van der Waals surface area contributed by atoms with Gasteiger partial charge in [0.1, 0.15) is 5.82 Å². The Morgan fingerprint density at radius 1 is 1.32 bits per heavy atom. The molecule has 2 atom stereocenters. The summed E-state index contributed by atoms with van der Waals surface area (Å²) in [5.74, 6) is 2.93. The third-order valence-electron chi connectivity index (χ3n) is 4.44. The summed E-state index contributed by atoms with van der Waals surface area (Å²) in [5, 5.41) is 3.63. The summed E-state index contributed by atoms with van der Waals surface area (Å²) in [5.41, 5.74) is 0. The fraction of sp³-hybridized carbons (Fsp3) is 0.812. The highest BCUT2D eigenvalue weighted by Crippen LogP contribution is 2.32. The number of aryl methyl sites for hydroxylation is 1. The fourth-order valence-electron chi connectivity index (χ4n) is 3.26. The zero-order chi connectivity index (χ0) is 13.7. The van der Waals surface area contributed by atoms with Crippen LogP contribution >= 0.6 is 0 Å². The molecule has 1 heterocycles. The number of nitrogens with zero attached hydrogens (tertiary/aromatic N) is 2. The Hall–Kier alpha value is -0.830. The van der Waals surface area contributed by atoms with Crippen molar-refractivity contribution in [1.82, 2.24) is 14.9 Å². The molecule has 0 bridgehead atoms. The fourth-order valence-corrected chi connectivity index (χ4v) is 3.26. The number of rotatable bonds is 6. The van der Waals surface area contributed by atoms with Crippen LogP contribution in [0.25, 0.3) is 0 Å². The Labute approximate surface area is 117 Å². The molecule has 0 radical (unpaired) electrons. The van der Waals surface area contributed by atoms with E-state index < -0.39 is 0 Å². The minimum atomic E-state index is 0.597. The highest BCUT2D eigenvalue weighted by molar-refractivity contribution is 4.96. The van der Waals surface area contributed by atoms with Gasteiger partial charge < -0.3 is 9.88 Å². The molecule has 0 amide bonds. The van der Waals surface area contributed by atoms with Crippen LogP contribution in [0.1, 0.15) is 52.3 Å².